The molecule has 140 valence electrons. The predicted octanol–water partition coefficient (Wildman–Crippen LogP) is 3.56. The van der Waals surface area contributed by atoms with Gasteiger partial charge in [-0.1, -0.05) is 36.4 Å². The Hall–Kier alpha value is -2.69. The first kappa shape index (κ1) is 19.6. The van der Waals surface area contributed by atoms with Gasteiger partial charge < -0.3 is 20.1 Å². The van der Waals surface area contributed by atoms with E-state index in [1.54, 1.807) is 14.2 Å². The summed E-state index contributed by atoms with van der Waals surface area (Å²) < 4.78 is 10.6. The Kier molecular flexibility index (Phi) is 7.80. The molecule has 0 aliphatic rings. The van der Waals surface area contributed by atoms with Crippen molar-refractivity contribution in [3.05, 3.63) is 59.7 Å². The van der Waals surface area contributed by atoms with Crippen LogP contribution in [0.15, 0.2) is 53.5 Å². The fraction of sp³-hybridized carbons (Fsp3) is 0.381. The van der Waals surface area contributed by atoms with Crippen LogP contribution in [0.3, 0.4) is 0 Å². The first-order valence-corrected chi connectivity index (χ1v) is 8.98. The summed E-state index contributed by atoms with van der Waals surface area (Å²) in [6, 6.07) is 16.5. The molecule has 2 N–H and O–H groups in total. The molecule has 2 aromatic carbocycles. The number of hydrogen-bond acceptors (Lipinski definition) is 3. The Labute approximate surface area is 156 Å². The van der Waals surface area contributed by atoms with Crippen LogP contribution in [0.2, 0.25) is 0 Å². The molecule has 26 heavy (non-hydrogen) atoms. The normalized spacial score (nSPS) is 12.4. The van der Waals surface area contributed by atoms with Crippen molar-refractivity contribution in [2.75, 3.05) is 27.3 Å². The average Bonchev–Trinajstić information content (AvgIpc) is 2.68. The van der Waals surface area contributed by atoms with E-state index in [0.717, 1.165) is 30.4 Å². The summed E-state index contributed by atoms with van der Waals surface area (Å²) in [4.78, 5) is 4.69. The van der Waals surface area contributed by atoms with Crippen LogP contribution in [0.4, 0.5) is 0 Å². The lowest BCUT2D eigenvalue weighted by Gasteiger charge is -2.18. The molecule has 5 nitrogen and oxygen atoms in total. The number of aliphatic imine (C=N–C) groups is 1. The molecule has 5 heteroatoms. The molecule has 1 unspecified atom stereocenters. The third kappa shape index (κ3) is 5.69. The van der Waals surface area contributed by atoms with E-state index in [0.29, 0.717) is 6.54 Å². The predicted molar refractivity (Wildman–Crippen MR) is 107 cm³/mol. The van der Waals surface area contributed by atoms with Crippen LogP contribution in [0, 0.1) is 0 Å². The van der Waals surface area contributed by atoms with Crippen LogP contribution < -0.4 is 20.1 Å². The first-order chi connectivity index (χ1) is 12.7. The van der Waals surface area contributed by atoms with Crippen molar-refractivity contribution in [2.24, 2.45) is 4.99 Å². The lowest BCUT2D eigenvalue weighted by molar-refractivity contribution is 0.354. The summed E-state index contributed by atoms with van der Waals surface area (Å²) in [5.74, 6) is 2.31. The summed E-state index contributed by atoms with van der Waals surface area (Å²) in [5.41, 5.74) is 2.40. The van der Waals surface area contributed by atoms with E-state index in [9.17, 15) is 0 Å². The molecule has 0 aliphatic carbocycles. The van der Waals surface area contributed by atoms with Crippen molar-refractivity contribution < 1.29 is 9.47 Å². The highest BCUT2D eigenvalue weighted by molar-refractivity contribution is 5.80. The topological polar surface area (TPSA) is 54.9 Å². The zero-order valence-corrected chi connectivity index (χ0v) is 16.1. The first-order valence-electron chi connectivity index (χ1n) is 8.98. The molecule has 0 heterocycles. The largest absolute Gasteiger partial charge is 0.493 e. The fourth-order valence-corrected chi connectivity index (χ4v) is 2.68. The van der Waals surface area contributed by atoms with Crippen LogP contribution in [-0.4, -0.2) is 33.3 Å². The van der Waals surface area contributed by atoms with E-state index in [4.69, 9.17) is 14.5 Å². The molecule has 0 radical (unpaired) electrons. The molecular formula is C21H29N3O2. The Morgan fingerprint density at radius 3 is 2.42 bits per heavy atom. The molecule has 0 saturated carbocycles. The zero-order valence-electron chi connectivity index (χ0n) is 16.1. The van der Waals surface area contributed by atoms with Gasteiger partial charge in [0.05, 0.1) is 20.3 Å². The number of hydrogen-bond donors (Lipinski definition) is 2. The average molecular weight is 355 g/mol. The van der Waals surface area contributed by atoms with Gasteiger partial charge in [-0.15, -0.1) is 0 Å². The molecule has 0 bridgehead atoms. The molecule has 2 aromatic rings. The van der Waals surface area contributed by atoms with E-state index in [-0.39, 0.29) is 6.04 Å². The Morgan fingerprint density at radius 1 is 1.04 bits per heavy atom. The van der Waals surface area contributed by atoms with Gasteiger partial charge in [0.2, 0.25) is 0 Å². The highest BCUT2D eigenvalue weighted by Crippen LogP contribution is 2.27. The van der Waals surface area contributed by atoms with Crippen LogP contribution in [0.5, 0.6) is 11.5 Å². The Balaban J connectivity index is 1.98. The minimum Gasteiger partial charge on any atom is -0.493 e. The van der Waals surface area contributed by atoms with Gasteiger partial charge >= 0.3 is 0 Å². The van der Waals surface area contributed by atoms with Crippen molar-refractivity contribution in [3.8, 4) is 11.5 Å². The molecule has 0 aromatic heterocycles. The minimum atomic E-state index is 0.190. The second-order valence-electron chi connectivity index (χ2n) is 5.98. The third-order valence-electron chi connectivity index (χ3n) is 4.12. The van der Waals surface area contributed by atoms with Gasteiger partial charge in [0, 0.05) is 13.1 Å². The van der Waals surface area contributed by atoms with Crippen molar-refractivity contribution in [1.29, 1.82) is 0 Å². The summed E-state index contributed by atoms with van der Waals surface area (Å²) in [6.07, 6.45) is 0.830. The van der Waals surface area contributed by atoms with Gasteiger partial charge in [-0.3, -0.25) is 4.99 Å². The number of nitrogens with one attached hydrogen (secondary N) is 2. The smallest absolute Gasteiger partial charge is 0.191 e. The van der Waals surface area contributed by atoms with Crippen LogP contribution in [-0.2, 0) is 6.42 Å². The van der Waals surface area contributed by atoms with E-state index in [1.807, 2.05) is 24.3 Å². The van der Waals surface area contributed by atoms with Gasteiger partial charge in [0.15, 0.2) is 17.5 Å². The van der Waals surface area contributed by atoms with Crippen LogP contribution in [0.1, 0.15) is 31.0 Å². The van der Waals surface area contributed by atoms with Crippen LogP contribution in [0.25, 0.3) is 0 Å². The molecule has 0 aliphatic heterocycles. The van der Waals surface area contributed by atoms with Gasteiger partial charge in [-0.25, -0.2) is 0 Å². The van der Waals surface area contributed by atoms with E-state index in [2.05, 4.69) is 48.7 Å². The summed E-state index contributed by atoms with van der Waals surface area (Å²) in [5, 5.41) is 6.76. The highest BCUT2D eigenvalue weighted by Gasteiger charge is 2.07. The van der Waals surface area contributed by atoms with Gasteiger partial charge in [0.1, 0.15) is 0 Å². The summed E-state index contributed by atoms with van der Waals surface area (Å²) in [7, 11) is 3.29. The molecule has 2 rings (SSSR count). The van der Waals surface area contributed by atoms with Crippen LogP contribution >= 0.6 is 0 Å². The van der Waals surface area contributed by atoms with E-state index in [1.165, 1.54) is 11.1 Å². The lowest BCUT2D eigenvalue weighted by atomic mass is 10.1. The lowest BCUT2D eigenvalue weighted by Crippen LogP contribution is -2.38. The number of rotatable bonds is 8. The quantitative estimate of drug-likeness (QED) is 0.561. The van der Waals surface area contributed by atoms with Gasteiger partial charge in [0.25, 0.3) is 0 Å². The van der Waals surface area contributed by atoms with Crippen molar-refractivity contribution in [1.82, 2.24) is 10.6 Å². The number of benzene rings is 2. The van der Waals surface area contributed by atoms with Gasteiger partial charge in [-0.2, -0.15) is 0 Å². The summed E-state index contributed by atoms with van der Waals surface area (Å²) in [6.45, 7) is 5.71. The monoisotopic (exact) mass is 355 g/mol. The fourth-order valence-electron chi connectivity index (χ4n) is 2.68. The maximum absolute atomic E-state index is 5.36. The third-order valence-corrected chi connectivity index (χ3v) is 4.12. The summed E-state index contributed by atoms with van der Waals surface area (Å²) >= 11 is 0. The molecule has 0 amide bonds. The van der Waals surface area contributed by atoms with Crippen molar-refractivity contribution in [2.45, 2.75) is 26.3 Å². The highest BCUT2D eigenvalue weighted by atomic mass is 16.5. The number of guanidine groups is 1. The maximum atomic E-state index is 5.36. The Morgan fingerprint density at radius 2 is 1.77 bits per heavy atom. The maximum Gasteiger partial charge on any atom is 0.191 e. The number of methoxy groups -OCH3 is 2. The van der Waals surface area contributed by atoms with E-state index < -0.39 is 0 Å². The molecular weight excluding hydrogens is 326 g/mol. The van der Waals surface area contributed by atoms with E-state index >= 15 is 0 Å². The second-order valence-corrected chi connectivity index (χ2v) is 5.98. The second kappa shape index (κ2) is 10.3. The number of ether oxygens (including phenoxy) is 2. The molecule has 1 atom stereocenters. The SMILES string of the molecule is CCNC(=NCCc1ccc(OC)c(OC)c1)NC(C)c1ccccc1. The molecule has 0 fully saturated rings. The molecule has 0 saturated heterocycles. The standard InChI is InChI=1S/C21H29N3O2/c1-5-22-21(24-16(2)18-9-7-6-8-10-18)23-14-13-17-11-12-19(25-3)20(15-17)26-4/h6-12,15-16H,5,13-14H2,1-4H3,(H2,22,23,24). The minimum absolute atomic E-state index is 0.190. The van der Waals surface area contributed by atoms with Crippen molar-refractivity contribution in [3.63, 3.8) is 0 Å². The number of nitrogens with zero attached hydrogens (tertiary/aromatic N) is 1. The zero-order chi connectivity index (χ0) is 18.8. The Bertz CT molecular complexity index is 702. The molecule has 0 spiro atoms. The van der Waals surface area contributed by atoms with Crippen molar-refractivity contribution >= 4 is 5.96 Å². The van der Waals surface area contributed by atoms with Gasteiger partial charge in [-0.05, 0) is 43.5 Å².